The van der Waals surface area contributed by atoms with Gasteiger partial charge in [-0.15, -0.1) is 24.8 Å². The summed E-state index contributed by atoms with van der Waals surface area (Å²) >= 11 is 0. The van der Waals surface area contributed by atoms with E-state index in [2.05, 4.69) is 4.90 Å². The Morgan fingerprint density at radius 3 is 2.08 bits per heavy atom. The fourth-order valence-electron chi connectivity index (χ4n) is 3.97. The lowest BCUT2D eigenvalue weighted by atomic mass is 9.90. The lowest BCUT2D eigenvalue weighted by molar-refractivity contribution is -0.136. The number of halogens is 2. The number of likely N-dealkylation sites (tertiary alicyclic amines) is 1. The Morgan fingerprint density at radius 2 is 1.48 bits per heavy atom. The second kappa shape index (κ2) is 11.6. The maximum atomic E-state index is 12.6. The Bertz CT molecular complexity index is 383. The van der Waals surface area contributed by atoms with Crippen LogP contribution in [0.4, 0.5) is 0 Å². The standard InChI is InChI=1S/C17H31N3O3.2ClH/c18-16(15-3-9-22-10-4-15)17(21)20-5-1-14(2-6-20)13-19-7-11-23-12-8-19;;/h14-16H,1-13,18H2;2*1H. The first-order valence-corrected chi connectivity index (χ1v) is 9.16. The third-order valence-corrected chi connectivity index (χ3v) is 5.61. The molecule has 1 amide bonds. The first-order valence-electron chi connectivity index (χ1n) is 9.16. The summed E-state index contributed by atoms with van der Waals surface area (Å²) in [5, 5.41) is 0. The Kier molecular flexibility index (Phi) is 10.6. The first-order chi connectivity index (χ1) is 11.2. The SMILES string of the molecule is Cl.Cl.NC(C(=O)N1CCC(CN2CCOCC2)CC1)C1CCOCC1. The van der Waals surface area contributed by atoms with Crippen molar-refractivity contribution in [2.75, 3.05) is 59.2 Å². The quantitative estimate of drug-likeness (QED) is 0.770. The van der Waals surface area contributed by atoms with E-state index in [0.29, 0.717) is 11.8 Å². The first kappa shape index (κ1) is 22.9. The second-order valence-electron chi connectivity index (χ2n) is 7.16. The molecule has 25 heavy (non-hydrogen) atoms. The molecule has 1 unspecified atom stereocenters. The molecule has 2 N–H and O–H groups in total. The molecule has 0 spiro atoms. The maximum Gasteiger partial charge on any atom is 0.239 e. The molecular formula is C17H33Cl2N3O3. The van der Waals surface area contributed by atoms with E-state index < -0.39 is 0 Å². The van der Waals surface area contributed by atoms with Crippen molar-refractivity contribution in [3.05, 3.63) is 0 Å². The van der Waals surface area contributed by atoms with Gasteiger partial charge in [0.2, 0.25) is 5.91 Å². The topological polar surface area (TPSA) is 68.0 Å². The van der Waals surface area contributed by atoms with Crippen molar-refractivity contribution in [3.63, 3.8) is 0 Å². The molecule has 0 aromatic carbocycles. The smallest absolute Gasteiger partial charge is 0.239 e. The minimum Gasteiger partial charge on any atom is -0.381 e. The summed E-state index contributed by atoms with van der Waals surface area (Å²) in [4.78, 5) is 17.1. The van der Waals surface area contributed by atoms with Crippen LogP contribution in [0.15, 0.2) is 0 Å². The average molecular weight is 398 g/mol. The highest BCUT2D eigenvalue weighted by atomic mass is 35.5. The van der Waals surface area contributed by atoms with Gasteiger partial charge in [-0.2, -0.15) is 0 Å². The van der Waals surface area contributed by atoms with E-state index in [0.717, 1.165) is 84.8 Å². The van der Waals surface area contributed by atoms with Gasteiger partial charge in [-0.1, -0.05) is 0 Å². The molecule has 3 aliphatic heterocycles. The van der Waals surface area contributed by atoms with Crippen LogP contribution in [0.1, 0.15) is 25.7 Å². The lowest BCUT2D eigenvalue weighted by Gasteiger charge is -2.38. The Morgan fingerprint density at radius 1 is 0.920 bits per heavy atom. The maximum absolute atomic E-state index is 12.6. The van der Waals surface area contributed by atoms with E-state index in [1.165, 1.54) is 0 Å². The summed E-state index contributed by atoms with van der Waals surface area (Å²) in [6.07, 6.45) is 4.04. The molecule has 0 bridgehead atoms. The van der Waals surface area contributed by atoms with Crippen LogP contribution in [0.3, 0.4) is 0 Å². The zero-order valence-electron chi connectivity index (χ0n) is 14.9. The zero-order valence-corrected chi connectivity index (χ0v) is 16.6. The largest absolute Gasteiger partial charge is 0.381 e. The van der Waals surface area contributed by atoms with Crippen molar-refractivity contribution < 1.29 is 14.3 Å². The van der Waals surface area contributed by atoms with Crippen LogP contribution in [0.2, 0.25) is 0 Å². The molecule has 0 aromatic rings. The van der Waals surface area contributed by atoms with E-state index in [4.69, 9.17) is 15.2 Å². The van der Waals surface area contributed by atoms with Gasteiger partial charge >= 0.3 is 0 Å². The summed E-state index contributed by atoms with van der Waals surface area (Å²) in [5.41, 5.74) is 6.24. The van der Waals surface area contributed by atoms with E-state index in [-0.39, 0.29) is 36.8 Å². The zero-order chi connectivity index (χ0) is 16.1. The van der Waals surface area contributed by atoms with Crippen molar-refractivity contribution in [1.29, 1.82) is 0 Å². The molecular weight excluding hydrogens is 365 g/mol. The number of morpholine rings is 1. The Balaban J connectivity index is 0.00000156. The van der Waals surface area contributed by atoms with E-state index in [9.17, 15) is 4.79 Å². The fraction of sp³-hybridized carbons (Fsp3) is 0.941. The van der Waals surface area contributed by atoms with Gasteiger partial charge in [-0.05, 0) is 37.5 Å². The number of rotatable bonds is 4. The van der Waals surface area contributed by atoms with Crippen LogP contribution >= 0.6 is 24.8 Å². The minimum atomic E-state index is -0.338. The lowest BCUT2D eigenvalue weighted by Crippen LogP contribution is -2.52. The number of nitrogens with zero attached hydrogens (tertiary/aromatic N) is 2. The third-order valence-electron chi connectivity index (χ3n) is 5.61. The number of amides is 1. The fourth-order valence-corrected chi connectivity index (χ4v) is 3.97. The molecule has 0 aliphatic carbocycles. The molecule has 6 nitrogen and oxygen atoms in total. The molecule has 0 saturated carbocycles. The number of ether oxygens (including phenoxy) is 2. The van der Waals surface area contributed by atoms with Crippen LogP contribution in [0.5, 0.6) is 0 Å². The molecule has 148 valence electrons. The van der Waals surface area contributed by atoms with Crippen molar-refractivity contribution in [3.8, 4) is 0 Å². The van der Waals surface area contributed by atoms with Gasteiger partial charge in [-0.25, -0.2) is 0 Å². The molecule has 1 atom stereocenters. The summed E-state index contributed by atoms with van der Waals surface area (Å²) in [6.45, 7) is 8.18. The Hall–Kier alpha value is -0.110. The predicted molar refractivity (Wildman–Crippen MR) is 103 cm³/mol. The predicted octanol–water partition coefficient (Wildman–Crippen LogP) is 1.15. The molecule has 8 heteroatoms. The number of hydrogen-bond acceptors (Lipinski definition) is 5. The normalized spacial score (nSPS) is 24.9. The van der Waals surface area contributed by atoms with Gasteiger partial charge < -0.3 is 20.1 Å². The Labute approximate surface area is 163 Å². The summed E-state index contributed by atoms with van der Waals surface area (Å²) in [5.74, 6) is 1.15. The van der Waals surface area contributed by atoms with Gasteiger partial charge in [0.15, 0.2) is 0 Å². The van der Waals surface area contributed by atoms with E-state index in [1.54, 1.807) is 0 Å². The number of piperidine rings is 1. The van der Waals surface area contributed by atoms with Crippen molar-refractivity contribution in [2.24, 2.45) is 17.6 Å². The molecule has 3 aliphatic rings. The number of nitrogens with two attached hydrogens (primary N) is 1. The molecule has 3 rings (SSSR count). The number of hydrogen-bond donors (Lipinski definition) is 1. The van der Waals surface area contributed by atoms with Crippen LogP contribution in [-0.4, -0.2) is 80.9 Å². The highest BCUT2D eigenvalue weighted by molar-refractivity contribution is 5.85. The monoisotopic (exact) mass is 397 g/mol. The summed E-state index contributed by atoms with van der Waals surface area (Å²) < 4.78 is 10.8. The second-order valence-corrected chi connectivity index (χ2v) is 7.16. The van der Waals surface area contributed by atoms with Crippen LogP contribution < -0.4 is 5.73 Å². The highest BCUT2D eigenvalue weighted by Gasteiger charge is 2.32. The molecule has 0 radical (unpaired) electrons. The highest BCUT2D eigenvalue weighted by Crippen LogP contribution is 2.23. The van der Waals surface area contributed by atoms with Crippen LogP contribution in [0.25, 0.3) is 0 Å². The van der Waals surface area contributed by atoms with Crippen LogP contribution in [0, 0.1) is 11.8 Å². The number of carbonyl (C=O) groups is 1. The van der Waals surface area contributed by atoms with Crippen molar-refractivity contribution in [1.82, 2.24) is 9.80 Å². The number of carbonyl (C=O) groups excluding carboxylic acids is 1. The van der Waals surface area contributed by atoms with Gasteiger partial charge in [0, 0.05) is 45.9 Å². The average Bonchev–Trinajstić information content (AvgIpc) is 2.63. The molecule has 0 aromatic heterocycles. The van der Waals surface area contributed by atoms with Gasteiger partial charge in [0.25, 0.3) is 0 Å². The van der Waals surface area contributed by atoms with Crippen molar-refractivity contribution in [2.45, 2.75) is 31.7 Å². The van der Waals surface area contributed by atoms with E-state index in [1.807, 2.05) is 4.90 Å². The van der Waals surface area contributed by atoms with Gasteiger partial charge in [0.1, 0.15) is 0 Å². The third kappa shape index (κ3) is 6.52. The molecule has 3 saturated heterocycles. The van der Waals surface area contributed by atoms with Gasteiger partial charge in [-0.3, -0.25) is 9.69 Å². The minimum absolute atomic E-state index is 0. The van der Waals surface area contributed by atoms with Crippen molar-refractivity contribution >= 4 is 30.7 Å². The molecule has 3 fully saturated rings. The summed E-state index contributed by atoms with van der Waals surface area (Å²) in [7, 11) is 0. The summed E-state index contributed by atoms with van der Waals surface area (Å²) in [6, 6.07) is -0.338. The van der Waals surface area contributed by atoms with Gasteiger partial charge in [0.05, 0.1) is 19.3 Å². The van der Waals surface area contributed by atoms with Crippen LogP contribution in [-0.2, 0) is 14.3 Å². The molecule has 3 heterocycles. The van der Waals surface area contributed by atoms with E-state index >= 15 is 0 Å².